The summed E-state index contributed by atoms with van der Waals surface area (Å²) < 4.78 is 16.7. The molecule has 2 aromatic carbocycles. The number of methoxy groups -OCH3 is 2. The van der Waals surface area contributed by atoms with Crippen LogP contribution >= 0.6 is 15.9 Å². The number of carbonyl (C=O) groups is 1. The lowest BCUT2D eigenvalue weighted by Gasteiger charge is -2.14. The van der Waals surface area contributed by atoms with Gasteiger partial charge in [-0.2, -0.15) is 5.10 Å². The molecular formula is C17H18BrN3O4. The lowest BCUT2D eigenvalue weighted by Crippen LogP contribution is -2.20. The van der Waals surface area contributed by atoms with Crippen LogP contribution in [0.5, 0.6) is 17.2 Å². The summed E-state index contributed by atoms with van der Waals surface area (Å²) in [6.07, 6.45) is 1.48. The molecule has 0 spiro atoms. The lowest BCUT2D eigenvalue weighted by atomic mass is 10.2. The van der Waals surface area contributed by atoms with Gasteiger partial charge in [0.15, 0.2) is 18.1 Å². The minimum absolute atomic E-state index is 0.197. The number of nitrogens with zero attached hydrogens (tertiary/aromatic N) is 1. The van der Waals surface area contributed by atoms with Gasteiger partial charge in [0.25, 0.3) is 5.91 Å². The monoisotopic (exact) mass is 407 g/mol. The SMILES string of the molecule is COc1ccccc1NC(=O)COc1c(Br)cc(C=NN)cc1OC. The second-order valence-corrected chi connectivity index (χ2v) is 5.70. The number of rotatable bonds is 7. The van der Waals surface area contributed by atoms with E-state index in [1.54, 1.807) is 30.3 Å². The molecule has 0 aliphatic carbocycles. The van der Waals surface area contributed by atoms with Crippen LogP contribution in [0.25, 0.3) is 0 Å². The third kappa shape index (κ3) is 4.87. The highest BCUT2D eigenvalue weighted by atomic mass is 79.9. The van der Waals surface area contributed by atoms with Crippen molar-refractivity contribution in [3.63, 3.8) is 0 Å². The standard InChI is InChI=1S/C17H18BrN3O4/c1-23-14-6-4-3-5-13(14)21-16(22)10-25-17-12(18)7-11(9-20-19)8-15(17)24-2/h3-9H,10,19H2,1-2H3,(H,21,22). The lowest BCUT2D eigenvalue weighted by molar-refractivity contribution is -0.118. The van der Waals surface area contributed by atoms with Crippen molar-refractivity contribution in [3.8, 4) is 17.2 Å². The normalized spacial score (nSPS) is 10.5. The zero-order valence-corrected chi connectivity index (χ0v) is 15.4. The van der Waals surface area contributed by atoms with Gasteiger partial charge in [-0.1, -0.05) is 12.1 Å². The van der Waals surface area contributed by atoms with Crippen LogP contribution in [-0.2, 0) is 4.79 Å². The fourth-order valence-corrected chi connectivity index (χ4v) is 2.69. The number of benzene rings is 2. The molecule has 0 unspecified atom stereocenters. The molecule has 0 radical (unpaired) electrons. The second kappa shape index (κ2) is 8.93. The van der Waals surface area contributed by atoms with Gasteiger partial charge in [0, 0.05) is 0 Å². The Bertz CT molecular complexity index is 780. The highest BCUT2D eigenvalue weighted by Gasteiger charge is 2.14. The predicted molar refractivity (Wildman–Crippen MR) is 99.6 cm³/mol. The molecule has 0 fully saturated rings. The summed E-state index contributed by atoms with van der Waals surface area (Å²) in [4.78, 5) is 12.1. The van der Waals surface area contributed by atoms with Gasteiger partial charge in [0.05, 0.1) is 30.6 Å². The van der Waals surface area contributed by atoms with Crippen LogP contribution in [0.15, 0.2) is 46.0 Å². The molecule has 2 aromatic rings. The quantitative estimate of drug-likeness (QED) is 0.417. The fraction of sp³-hybridized carbons (Fsp3) is 0.176. The van der Waals surface area contributed by atoms with Crippen molar-refractivity contribution in [1.82, 2.24) is 0 Å². The molecule has 132 valence electrons. The van der Waals surface area contributed by atoms with Gasteiger partial charge >= 0.3 is 0 Å². The Labute approximate surface area is 153 Å². The summed E-state index contributed by atoms with van der Waals surface area (Å²) in [5.41, 5.74) is 1.30. The molecule has 0 saturated heterocycles. The maximum absolute atomic E-state index is 12.1. The summed E-state index contributed by atoms with van der Waals surface area (Å²) in [5.74, 6) is 6.26. The van der Waals surface area contributed by atoms with E-state index in [9.17, 15) is 4.79 Å². The first-order valence-corrected chi connectivity index (χ1v) is 8.04. The van der Waals surface area contributed by atoms with Gasteiger partial charge in [-0.25, -0.2) is 0 Å². The first-order chi connectivity index (χ1) is 12.1. The van der Waals surface area contributed by atoms with Gasteiger partial charge in [-0.15, -0.1) is 0 Å². The maximum atomic E-state index is 12.1. The van der Waals surface area contributed by atoms with Gasteiger partial charge < -0.3 is 25.4 Å². The fourth-order valence-electron chi connectivity index (χ4n) is 2.11. The number of para-hydroxylation sites is 2. The molecule has 3 N–H and O–H groups in total. The average Bonchev–Trinajstić information content (AvgIpc) is 2.61. The van der Waals surface area contributed by atoms with Crippen molar-refractivity contribution in [2.75, 3.05) is 26.1 Å². The molecular weight excluding hydrogens is 390 g/mol. The smallest absolute Gasteiger partial charge is 0.262 e. The van der Waals surface area contributed by atoms with Crippen LogP contribution < -0.4 is 25.4 Å². The molecule has 0 aliphatic rings. The van der Waals surface area contributed by atoms with Gasteiger partial charge in [-0.3, -0.25) is 4.79 Å². The summed E-state index contributed by atoms with van der Waals surface area (Å²) in [5, 5.41) is 6.21. The molecule has 7 nitrogen and oxygen atoms in total. The van der Waals surface area contributed by atoms with E-state index in [0.29, 0.717) is 27.4 Å². The van der Waals surface area contributed by atoms with E-state index in [4.69, 9.17) is 20.1 Å². The van der Waals surface area contributed by atoms with Gasteiger partial charge in [-0.05, 0) is 45.8 Å². The highest BCUT2D eigenvalue weighted by Crippen LogP contribution is 2.36. The number of anilines is 1. The Kier molecular flexibility index (Phi) is 6.64. The zero-order chi connectivity index (χ0) is 18.2. The van der Waals surface area contributed by atoms with E-state index >= 15 is 0 Å². The molecule has 8 heteroatoms. The number of hydrogen-bond acceptors (Lipinski definition) is 6. The van der Waals surface area contributed by atoms with Crippen molar-refractivity contribution >= 4 is 33.7 Å². The molecule has 0 bridgehead atoms. The number of nitrogens with one attached hydrogen (secondary N) is 1. The van der Waals surface area contributed by atoms with Crippen LogP contribution in [0.2, 0.25) is 0 Å². The molecule has 0 heterocycles. The number of halogens is 1. The predicted octanol–water partition coefficient (Wildman–Crippen LogP) is 2.78. The molecule has 25 heavy (non-hydrogen) atoms. The van der Waals surface area contributed by atoms with Crippen molar-refractivity contribution in [3.05, 3.63) is 46.4 Å². The number of hydrazone groups is 1. The minimum Gasteiger partial charge on any atom is -0.495 e. The molecule has 2 rings (SSSR count). The highest BCUT2D eigenvalue weighted by molar-refractivity contribution is 9.10. The van der Waals surface area contributed by atoms with Crippen molar-refractivity contribution in [2.24, 2.45) is 10.9 Å². The molecule has 0 aromatic heterocycles. The topological polar surface area (TPSA) is 95.2 Å². The first kappa shape index (κ1) is 18.6. The Balaban J connectivity index is 2.09. The largest absolute Gasteiger partial charge is 0.495 e. The third-order valence-electron chi connectivity index (χ3n) is 3.20. The van der Waals surface area contributed by atoms with Crippen LogP contribution in [0.1, 0.15) is 5.56 Å². The Hall–Kier alpha value is -2.74. The van der Waals surface area contributed by atoms with Gasteiger partial charge in [0.1, 0.15) is 5.75 Å². The van der Waals surface area contributed by atoms with E-state index in [2.05, 4.69) is 26.3 Å². The maximum Gasteiger partial charge on any atom is 0.262 e. The van der Waals surface area contributed by atoms with Gasteiger partial charge in [0.2, 0.25) is 0 Å². The molecule has 1 amide bonds. The number of hydrogen-bond donors (Lipinski definition) is 2. The van der Waals surface area contributed by atoms with Crippen molar-refractivity contribution < 1.29 is 19.0 Å². The summed E-state index contributed by atoms with van der Waals surface area (Å²) in [6.45, 7) is -0.197. The molecule has 0 saturated carbocycles. The van der Waals surface area contributed by atoms with Crippen LogP contribution in [0.3, 0.4) is 0 Å². The van der Waals surface area contributed by atoms with E-state index in [0.717, 1.165) is 5.56 Å². The minimum atomic E-state index is -0.328. The third-order valence-corrected chi connectivity index (χ3v) is 3.79. The van der Waals surface area contributed by atoms with E-state index in [-0.39, 0.29) is 12.5 Å². The van der Waals surface area contributed by atoms with E-state index in [1.807, 2.05) is 6.07 Å². The number of ether oxygens (including phenoxy) is 3. The second-order valence-electron chi connectivity index (χ2n) is 4.85. The summed E-state index contributed by atoms with van der Waals surface area (Å²) in [7, 11) is 3.04. The molecule has 0 aliphatic heterocycles. The molecule has 0 atom stereocenters. The zero-order valence-electron chi connectivity index (χ0n) is 13.8. The van der Waals surface area contributed by atoms with Crippen LogP contribution in [0.4, 0.5) is 5.69 Å². The first-order valence-electron chi connectivity index (χ1n) is 7.25. The Morgan fingerprint density at radius 3 is 2.64 bits per heavy atom. The van der Waals surface area contributed by atoms with Crippen LogP contribution in [-0.4, -0.2) is 32.9 Å². The average molecular weight is 408 g/mol. The Morgan fingerprint density at radius 1 is 1.24 bits per heavy atom. The summed E-state index contributed by atoms with van der Waals surface area (Å²) >= 11 is 3.39. The number of carbonyl (C=O) groups excluding carboxylic acids is 1. The Morgan fingerprint density at radius 2 is 1.96 bits per heavy atom. The van der Waals surface area contributed by atoms with Crippen molar-refractivity contribution in [1.29, 1.82) is 0 Å². The van der Waals surface area contributed by atoms with E-state index in [1.165, 1.54) is 20.4 Å². The summed E-state index contributed by atoms with van der Waals surface area (Å²) in [6, 6.07) is 10.6. The van der Waals surface area contributed by atoms with Crippen molar-refractivity contribution in [2.45, 2.75) is 0 Å². The van der Waals surface area contributed by atoms with Crippen LogP contribution in [0, 0.1) is 0 Å². The number of nitrogens with two attached hydrogens (primary N) is 1. The number of amides is 1. The van der Waals surface area contributed by atoms with E-state index < -0.39 is 0 Å².